The lowest BCUT2D eigenvalue weighted by Crippen LogP contribution is -2.34. The molecule has 1 aromatic carbocycles. The molecule has 4 aromatic rings. The third-order valence-corrected chi connectivity index (χ3v) is 7.09. The van der Waals surface area contributed by atoms with E-state index in [0.29, 0.717) is 12.3 Å². The van der Waals surface area contributed by atoms with Crippen LogP contribution >= 0.6 is 11.3 Å². The van der Waals surface area contributed by atoms with Crippen LogP contribution in [-0.4, -0.2) is 31.5 Å². The van der Waals surface area contributed by atoms with Gasteiger partial charge in [-0.3, -0.25) is 4.79 Å². The second-order valence-corrected chi connectivity index (χ2v) is 9.90. The van der Waals surface area contributed by atoms with Gasteiger partial charge in [0, 0.05) is 25.5 Å². The van der Waals surface area contributed by atoms with Crippen LogP contribution in [-0.2, 0) is 11.3 Å². The molecule has 1 aliphatic heterocycles. The fourth-order valence-corrected chi connectivity index (χ4v) is 5.64. The minimum absolute atomic E-state index is 0.0273. The summed E-state index contributed by atoms with van der Waals surface area (Å²) in [6.45, 7) is 6.18. The fourth-order valence-electron chi connectivity index (χ4n) is 4.94. The number of thiophene rings is 1. The molecule has 5 nitrogen and oxygen atoms in total. The van der Waals surface area contributed by atoms with Gasteiger partial charge < -0.3 is 14.0 Å². The molecule has 0 radical (unpaired) electrons. The van der Waals surface area contributed by atoms with Crippen molar-refractivity contribution in [1.82, 2.24) is 19.0 Å². The summed E-state index contributed by atoms with van der Waals surface area (Å²) in [4.78, 5) is 20.8. The number of hydrogen-bond donors (Lipinski definition) is 0. The summed E-state index contributed by atoms with van der Waals surface area (Å²) >= 11 is 1.68. The number of rotatable bonds is 7. The van der Waals surface area contributed by atoms with E-state index >= 15 is 0 Å². The summed E-state index contributed by atoms with van der Waals surface area (Å²) in [6.07, 6.45) is 6.57. The number of benzene rings is 1. The van der Waals surface area contributed by atoms with Crippen molar-refractivity contribution >= 4 is 28.3 Å². The van der Waals surface area contributed by atoms with Crippen LogP contribution in [0, 0.1) is 5.92 Å². The molecule has 0 aliphatic carbocycles. The Bertz CT molecular complexity index is 1140. The van der Waals surface area contributed by atoms with Crippen LogP contribution in [0.3, 0.4) is 0 Å². The van der Waals surface area contributed by atoms with Crippen LogP contribution in [0.4, 0.5) is 0 Å². The Labute approximate surface area is 193 Å². The summed E-state index contributed by atoms with van der Waals surface area (Å²) in [7, 11) is 0. The average Bonchev–Trinajstić information content (AvgIpc) is 3.59. The van der Waals surface area contributed by atoms with Crippen LogP contribution in [0.2, 0.25) is 0 Å². The Morgan fingerprint density at radius 3 is 2.72 bits per heavy atom. The van der Waals surface area contributed by atoms with Crippen molar-refractivity contribution in [1.29, 1.82) is 0 Å². The van der Waals surface area contributed by atoms with Crippen molar-refractivity contribution in [3.05, 3.63) is 77.0 Å². The first kappa shape index (κ1) is 21.0. The monoisotopic (exact) mass is 446 g/mol. The van der Waals surface area contributed by atoms with Gasteiger partial charge in [0.25, 0.3) is 0 Å². The van der Waals surface area contributed by atoms with Crippen molar-refractivity contribution in [3.63, 3.8) is 0 Å². The maximum atomic E-state index is 13.7. The molecule has 166 valence electrons. The highest BCUT2D eigenvalue weighted by Crippen LogP contribution is 2.36. The number of carbonyl (C=O) groups excluding carboxylic acids is 1. The van der Waals surface area contributed by atoms with E-state index in [1.165, 1.54) is 11.1 Å². The van der Waals surface area contributed by atoms with E-state index in [2.05, 4.69) is 75.3 Å². The molecule has 1 fully saturated rings. The third-order valence-electron chi connectivity index (χ3n) is 6.39. The lowest BCUT2D eigenvalue weighted by Gasteiger charge is -2.28. The van der Waals surface area contributed by atoms with Crippen LogP contribution in [0.5, 0.6) is 0 Å². The summed E-state index contributed by atoms with van der Waals surface area (Å²) in [5.41, 5.74) is 3.38. The molecule has 1 amide bonds. The molecule has 6 heteroatoms. The summed E-state index contributed by atoms with van der Waals surface area (Å²) in [6, 6.07) is 14.6. The Morgan fingerprint density at radius 1 is 1.16 bits per heavy atom. The molecule has 0 N–H and O–H groups in total. The lowest BCUT2D eigenvalue weighted by atomic mass is 10.1. The fraction of sp³-hybridized carbons (Fsp3) is 0.385. The molecule has 0 spiro atoms. The van der Waals surface area contributed by atoms with Gasteiger partial charge in [0.1, 0.15) is 5.82 Å². The van der Waals surface area contributed by atoms with Gasteiger partial charge in [0.15, 0.2) is 0 Å². The van der Waals surface area contributed by atoms with Crippen LogP contribution < -0.4 is 0 Å². The normalized spacial score (nSPS) is 17.5. The van der Waals surface area contributed by atoms with Gasteiger partial charge in [-0.25, -0.2) is 4.98 Å². The number of fused-ring (bicyclic) bond motifs is 1. The average molecular weight is 447 g/mol. The molecule has 1 aliphatic rings. The Morgan fingerprint density at radius 2 is 1.97 bits per heavy atom. The quantitative estimate of drug-likeness (QED) is 0.355. The lowest BCUT2D eigenvalue weighted by molar-refractivity contribution is -0.132. The van der Waals surface area contributed by atoms with E-state index in [0.717, 1.165) is 37.3 Å². The van der Waals surface area contributed by atoms with Gasteiger partial charge in [-0.15, -0.1) is 0 Å². The Kier molecular flexibility index (Phi) is 5.87. The molecule has 0 unspecified atom stereocenters. The number of nitrogens with zero attached hydrogens (tertiary/aromatic N) is 4. The first-order valence-electron chi connectivity index (χ1n) is 11.5. The zero-order valence-electron chi connectivity index (χ0n) is 18.7. The first-order chi connectivity index (χ1) is 15.6. The Balaban J connectivity index is 1.45. The topological polar surface area (TPSA) is 43.1 Å². The number of carbonyl (C=O) groups is 1. The highest BCUT2D eigenvalue weighted by molar-refractivity contribution is 7.08. The van der Waals surface area contributed by atoms with E-state index in [-0.39, 0.29) is 18.0 Å². The van der Waals surface area contributed by atoms with E-state index in [1.54, 1.807) is 11.3 Å². The van der Waals surface area contributed by atoms with Crippen LogP contribution in [0.15, 0.2) is 65.6 Å². The van der Waals surface area contributed by atoms with Gasteiger partial charge in [0.05, 0.1) is 29.5 Å². The van der Waals surface area contributed by atoms with E-state index in [4.69, 9.17) is 4.98 Å². The number of aromatic nitrogens is 3. The zero-order valence-corrected chi connectivity index (χ0v) is 19.5. The largest absolute Gasteiger partial charge is 0.346 e. The molecule has 0 saturated carbocycles. The minimum Gasteiger partial charge on any atom is -0.346 e. The van der Waals surface area contributed by atoms with Gasteiger partial charge in [0.2, 0.25) is 5.91 Å². The van der Waals surface area contributed by atoms with E-state index in [1.807, 2.05) is 18.2 Å². The summed E-state index contributed by atoms with van der Waals surface area (Å²) < 4.78 is 4.50. The summed E-state index contributed by atoms with van der Waals surface area (Å²) in [5.74, 6) is 1.76. The predicted octanol–water partition coefficient (Wildman–Crippen LogP) is 5.90. The smallest absolute Gasteiger partial charge is 0.225 e. The molecule has 0 bridgehead atoms. The van der Waals surface area contributed by atoms with Crippen molar-refractivity contribution < 1.29 is 4.79 Å². The van der Waals surface area contributed by atoms with Crippen LogP contribution in [0.25, 0.3) is 11.0 Å². The third kappa shape index (κ3) is 3.99. The molecule has 5 rings (SSSR count). The van der Waals surface area contributed by atoms with E-state index in [9.17, 15) is 4.79 Å². The standard InChI is InChI=1S/C26H30N4OS/c1-19(2)17-30-22-9-4-3-8-21(22)27-26(30)23-10-7-14-29(23)25(31)16-24(20-11-15-32-18-20)28-12-5-6-13-28/h3-6,8-9,11-13,15,18-19,23-24H,7,10,14,16-17H2,1-2H3/t23-,24+/m0/s1. The molecule has 2 atom stereocenters. The molecule has 32 heavy (non-hydrogen) atoms. The van der Waals surface area contributed by atoms with Gasteiger partial charge in [-0.2, -0.15) is 11.3 Å². The van der Waals surface area contributed by atoms with Gasteiger partial charge >= 0.3 is 0 Å². The number of para-hydroxylation sites is 2. The van der Waals surface area contributed by atoms with Crippen LogP contribution in [0.1, 0.15) is 56.6 Å². The second kappa shape index (κ2) is 8.94. The molecular formula is C26H30N4OS. The van der Waals surface area contributed by atoms with Gasteiger partial charge in [-0.05, 0) is 65.4 Å². The summed E-state index contributed by atoms with van der Waals surface area (Å²) in [5, 5.41) is 4.24. The van der Waals surface area contributed by atoms with E-state index < -0.39 is 0 Å². The molecular weight excluding hydrogens is 416 g/mol. The number of likely N-dealkylation sites (tertiary alicyclic amines) is 1. The maximum Gasteiger partial charge on any atom is 0.225 e. The SMILES string of the molecule is CC(C)Cn1c([C@@H]2CCCN2C(=O)C[C@H](c2ccsc2)n2cccc2)nc2ccccc21. The molecule has 1 saturated heterocycles. The molecule has 3 aromatic heterocycles. The number of amides is 1. The first-order valence-corrected chi connectivity index (χ1v) is 12.5. The highest BCUT2D eigenvalue weighted by Gasteiger charge is 2.35. The number of imidazole rings is 1. The zero-order chi connectivity index (χ0) is 22.1. The van der Waals surface area contributed by atoms with Crippen molar-refractivity contribution in [3.8, 4) is 0 Å². The number of hydrogen-bond acceptors (Lipinski definition) is 3. The predicted molar refractivity (Wildman–Crippen MR) is 130 cm³/mol. The highest BCUT2D eigenvalue weighted by atomic mass is 32.1. The maximum absolute atomic E-state index is 13.7. The second-order valence-electron chi connectivity index (χ2n) is 9.12. The molecule has 4 heterocycles. The van der Waals surface area contributed by atoms with Gasteiger partial charge in [-0.1, -0.05) is 26.0 Å². The van der Waals surface area contributed by atoms with Crippen molar-refractivity contribution in [2.24, 2.45) is 5.92 Å². The Hall–Kier alpha value is -2.86. The van der Waals surface area contributed by atoms with Crippen molar-refractivity contribution in [2.45, 2.75) is 51.7 Å². The minimum atomic E-state index is 0.0273. The van der Waals surface area contributed by atoms with Crippen molar-refractivity contribution in [2.75, 3.05) is 6.54 Å².